The molecule has 1 aromatic heterocycles. The van der Waals surface area contributed by atoms with Crippen LogP contribution in [0.15, 0.2) is 47.0 Å². The summed E-state index contributed by atoms with van der Waals surface area (Å²) in [6.07, 6.45) is 0.412. The van der Waals surface area contributed by atoms with Crippen LogP contribution >= 0.6 is 0 Å². The second-order valence-corrected chi connectivity index (χ2v) is 4.82. The summed E-state index contributed by atoms with van der Waals surface area (Å²) < 4.78 is 18.5. The Morgan fingerprint density at radius 3 is 2.86 bits per heavy atom. The van der Waals surface area contributed by atoms with Gasteiger partial charge in [0.2, 0.25) is 11.7 Å². The van der Waals surface area contributed by atoms with Gasteiger partial charge >= 0.3 is 0 Å². The summed E-state index contributed by atoms with van der Waals surface area (Å²) in [7, 11) is 0. The lowest BCUT2D eigenvalue weighted by Gasteiger charge is -2.00. The van der Waals surface area contributed by atoms with Crippen molar-refractivity contribution >= 4 is 0 Å². The second kappa shape index (κ2) is 5.36. The number of aromatic hydroxyl groups is 1. The molecule has 3 rings (SSSR count). The minimum absolute atomic E-state index is 0.188. The molecule has 21 heavy (non-hydrogen) atoms. The van der Waals surface area contributed by atoms with E-state index in [4.69, 9.17) is 4.52 Å². The van der Waals surface area contributed by atoms with E-state index in [1.54, 1.807) is 24.3 Å². The molecule has 3 aromatic rings. The van der Waals surface area contributed by atoms with Gasteiger partial charge in [-0.15, -0.1) is 0 Å². The van der Waals surface area contributed by atoms with Crippen molar-refractivity contribution in [2.24, 2.45) is 0 Å². The molecule has 0 bridgehead atoms. The number of aromatic nitrogens is 2. The Bertz CT molecular complexity index is 783. The third kappa shape index (κ3) is 2.91. The van der Waals surface area contributed by atoms with Crippen LogP contribution in [0.25, 0.3) is 11.4 Å². The van der Waals surface area contributed by atoms with Crippen molar-refractivity contribution in [3.8, 4) is 17.1 Å². The Hall–Kier alpha value is -2.69. The maximum Gasteiger partial charge on any atom is 0.231 e. The average molecular weight is 284 g/mol. The third-order valence-corrected chi connectivity index (χ3v) is 3.17. The summed E-state index contributed by atoms with van der Waals surface area (Å²) >= 11 is 0. The third-order valence-electron chi connectivity index (χ3n) is 3.17. The molecule has 5 heteroatoms. The summed E-state index contributed by atoms with van der Waals surface area (Å²) in [5, 5.41) is 13.3. The highest BCUT2D eigenvalue weighted by Gasteiger charge is 2.12. The number of hydrogen-bond donors (Lipinski definition) is 1. The predicted molar refractivity (Wildman–Crippen MR) is 75.3 cm³/mol. The highest BCUT2D eigenvalue weighted by atomic mass is 19.1. The number of phenolic OH excluding ortho intramolecular Hbond substituents is 1. The molecule has 0 atom stereocenters. The van der Waals surface area contributed by atoms with Crippen LogP contribution in [0.5, 0.6) is 5.75 Å². The van der Waals surface area contributed by atoms with Gasteiger partial charge in [0.25, 0.3) is 0 Å². The Morgan fingerprint density at radius 1 is 1.19 bits per heavy atom. The number of phenols is 1. The molecule has 0 radical (unpaired) electrons. The predicted octanol–water partition coefficient (Wildman–Crippen LogP) is 3.48. The van der Waals surface area contributed by atoms with Gasteiger partial charge in [-0.2, -0.15) is 4.98 Å². The van der Waals surface area contributed by atoms with Crippen LogP contribution in [-0.2, 0) is 6.42 Å². The molecule has 0 saturated carbocycles. The lowest BCUT2D eigenvalue weighted by Crippen LogP contribution is -1.90. The molecule has 0 fully saturated rings. The van der Waals surface area contributed by atoms with Gasteiger partial charge in [-0.3, -0.25) is 0 Å². The van der Waals surface area contributed by atoms with E-state index in [0.717, 1.165) is 11.1 Å². The van der Waals surface area contributed by atoms with Crippen molar-refractivity contribution in [1.29, 1.82) is 0 Å². The van der Waals surface area contributed by atoms with Crippen LogP contribution in [0.1, 0.15) is 17.0 Å². The maximum absolute atomic E-state index is 13.3. The highest BCUT2D eigenvalue weighted by Crippen LogP contribution is 2.22. The van der Waals surface area contributed by atoms with E-state index in [9.17, 15) is 9.50 Å². The summed E-state index contributed by atoms with van der Waals surface area (Å²) in [5.74, 6) is 0.629. The zero-order chi connectivity index (χ0) is 14.8. The number of nitrogens with zero attached hydrogens (tertiary/aromatic N) is 2. The minimum atomic E-state index is -0.338. The van der Waals surface area contributed by atoms with Crippen molar-refractivity contribution in [1.82, 2.24) is 10.1 Å². The average Bonchev–Trinajstić information content (AvgIpc) is 2.90. The van der Waals surface area contributed by atoms with E-state index in [2.05, 4.69) is 10.1 Å². The largest absolute Gasteiger partial charge is 0.508 e. The molecule has 1 heterocycles. The van der Waals surface area contributed by atoms with Crippen LogP contribution in [0.2, 0.25) is 0 Å². The summed E-state index contributed by atoms with van der Waals surface area (Å²) in [6, 6.07) is 11.3. The standard InChI is InChI=1S/C16H13FN2O2/c1-10-5-6-12(17)9-14(10)16-18-15(21-19-16)8-11-3-2-4-13(20)7-11/h2-7,9,20H,8H2,1H3. The molecule has 0 unspecified atom stereocenters. The molecule has 0 saturated heterocycles. The number of aryl methyl sites for hydroxylation is 1. The van der Waals surface area contributed by atoms with Crippen LogP contribution in [0.3, 0.4) is 0 Å². The van der Waals surface area contributed by atoms with Gasteiger partial charge in [0.1, 0.15) is 11.6 Å². The minimum Gasteiger partial charge on any atom is -0.508 e. The smallest absolute Gasteiger partial charge is 0.231 e. The van der Waals surface area contributed by atoms with Gasteiger partial charge in [0, 0.05) is 5.56 Å². The lowest BCUT2D eigenvalue weighted by atomic mass is 10.1. The monoisotopic (exact) mass is 284 g/mol. The molecular formula is C16H13FN2O2. The Labute approximate surface area is 120 Å². The first-order valence-corrected chi connectivity index (χ1v) is 6.49. The number of rotatable bonds is 3. The molecule has 0 amide bonds. The zero-order valence-corrected chi connectivity index (χ0v) is 11.4. The van der Waals surface area contributed by atoms with Crippen molar-refractivity contribution in [3.63, 3.8) is 0 Å². The number of hydrogen-bond acceptors (Lipinski definition) is 4. The highest BCUT2D eigenvalue weighted by molar-refractivity contribution is 5.59. The zero-order valence-electron chi connectivity index (χ0n) is 11.4. The van der Waals surface area contributed by atoms with E-state index in [0.29, 0.717) is 23.7 Å². The van der Waals surface area contributed by atoms with Crippen LogP contribution < -0.4 is 0 Å². The number of benzene rings is 2. The molecule has 0 spiro atoms. The fourth-order valence-corrected chi connectivity index (χ4v) is 2.11. The Morgan fingerprint density at radius 2 is 2.05 bits per heavy atom. The van der Waals surface area contributed by atoms with Crippen molar-refractivity contribution in [3.05, 3.63) is 65.3 Å². The fourth-order valence-electron chi connectivity index (χ4n) is 2.11. The van der Waals surface area contributed by atoms with Gasteiger partial charge in [0.15, 0.2) is 0 Å². The van der Waals surface area contributed by atoms with Gasteiger partial charge in [-0.1, -0.05) is 23.4 Å². The lowest BCUT2D eigenvalue weighted by molar-refractivity contribution is 0.385. The molecule has 0 aliphatic heterocycles. The first-order chi connectivity index (χ1) is 10.1. The second-order valence-electron chi connectivity index (χ2n) is 4.82. The van der Waals surface area contributed by atoms with Crippen molar-refractivity contribution < 1.29 is 14.0 Å². The van der Waals surface area contributed by atoms with Crippen LogP contribution in [0, 0.1) is 12.7 Å². The van der Waals surface area contributed by atoms with Crippen molar-refractivity contribution in [2.45, 2.75) is 13.3 Å². The normalized spacial score (nSPS) is 10.8. The molecular weight excluding hydrogens is 271 g/mol. The SMILES string of the molecule is Cc1ccc(F)cc1-c1noc(Cc2cccc(O)c2)n1. The van der Waals surface area contributed by atoms with E-state index in [-0.39, 0.29) is 11.6 Å². The van der Waals surface area contributed by atoms with E-state index in [1.165, 1.54) is 12.1 Å². The van der Waals surface area contributed by atoms with E-state index < -0.39 is 0 Å². The summed E-state index contributed by atoms with van der Waals surface area (Å²) in [6.45, 7) is 1.86. The summed E-state index contributed by atoms with van der Waals surface area (Å²) in [5.41, 5.74) is 2.35. The van der Waals surface area contributed by atoms with Crippen LogP contribution in [0.4, 0.5) is 4.39 Å². The molecule has 0 aliphatic rings. The number of halogens is 1. The summed E-state index contributed by atoms with van der Waals surface area (Å²) in [4.78, 5) is 4.28. The van der Waals surface area contributed by atoms with Gasteiger partial charge in [-0.25, -0.2) is 4.39 Å². The maximum atomic E-state index is 13.3. The van der Waals surface area contributed by atoms with Gasteiger partial charge in [-0.05, 0) is 42.3 Å². The topological polar surface area (TPSA) is 59.2 Å². The van der Waals surface area contributed by atoms with Gasteiger partial charge < -0.3 is 9.63 Å². The molecule has 106 valence electrons. The van der Waals surface area contributed by atoms with E-state index >= 15 is 0 Å². The van der Waals surface area contributed by atoms with Crippen LogP contribution in [-0.4, -0.2) is 15.2 Å². The molecule has 2 aromatic carbocycles. The molecule has 1 N–H and O–H groups in total. The van der Waals surface area contributed by atoms with Gasteiger partial charge in [0.05, 0.1) is 6.42 Å². The first kappa shape index (κ1) is 13.3. The van der Waals surface area contributed by atoms with Crippen molar-refractivity contribution in [2.75, 3.05) is 0 Å². The van der Waals surface area contributed by atoms with E-state index in [1.807, 2.05) is 13.0 Å². The Kier molecular flexibility index (Phi) is 3.39. The Balaban J connectivity index is 1.88. The first-order valence-electron chi connectivity index (χ1n) is 6.49. The quantitative estimate of drug-likeness (QED) is 0.800. The molecule has 0 aliphatic carbocycles. The fraction of sp³-hybridized carbons (Fsp3) is 0.125. The molecule has 4 nitrogen and oxygen atoms in total.